The number of nitrogens with two attached hydrogens (primary N) is 1. The molecule has 2 N–H and O–H groups in total. The van der Waals surface area contributed by atoms with Crippen molar-refractivity contribution in [2.45, 2.75) is 39.5 Å². The molecular weight excluding hydrogens is 169 g/mol. The maximum Gasteiger partial charge on any atom is 0.142 e. The van der Waals surface area contributed by atoms with Crippen LogP contribution in [0, 0.1) is 5.41 Å². The summed E-state index contributed by atoms with van der Waals surface area (Å²) in [4.78, 5) is 11.6. The van der Waals surface area contributed by atoms with E-state index in [9.17, 15) is 9.18 Å². The van der Waals surface area contributed by atoms with E-state index >= 15 is 0 Å². The topological polar surface area (TPSA) is 43.1 Å². The molecule has 0 aromatic carbocycles. The van der Waals surface area contributed by atoms with Crippen LogP contribution in [0.15, 0.2) is 0 Å². The second-order valence-corrected chi connectivity index (χ2v) is 3.54. The van der Waals surface area contributed by atoms with Gasteiger partial charge in [-0.1, -0.05) is 20.3 Å². The molecule has 78 valence electrons. The van der Waals surface area contributed by atoms with E-state index in [0.717, 1.165) is 12.8 Å². The van der Waals surface area contributed by atoms with Crippen LogP contribution in [-0.4, -0.2) is 19.0 Å². The Bertz CT molecular complexity index is 155. The summed E-state index contributed by atoms with van der Waals surface area (Å²) in [6.07, 6.45) is 2.58. The first kappa shape index (κ1) is 12.6. The lowest BCUT2D eigenvalue weighted by Gasteiger charge is -2.27. The fraction of sp³-hybridized carbons (Fsp3) is 0.900. The molecule has 0 spiro atoms. The molecule has 1 atom stereocenters. The number of hydrogen-bond acceptors (Lipinski definition) is 2. The predicted molar refractivity (Wildman–Crippen MR) is 52.3 cm³/mol. The van der Waals surface area contributed by atoms with Gasteiger partial charge in [-0.15, -0.1) is 0 Å². The molecule has 0 aliphatic rings. The highest BCUT2D eigenvalue weighted by molar-refractivity contribution is 5.85. The van der Waals surface area contributed by atoms with E-state index in [2.05, 4.69) is 0 Å². The Morgan fingerprint density at radius 2 is 2.00 bits per heavy atom. The van der Waals surface area contributed by atoms with Crippen LogP contribution in [0.3, 0.4) is 0 Å². The normalized spacial score (nSPS) is 15.4. The van der Waals surface area contributed by atoms with Gasteiger partial charge in [0.05, 0.1) is 5.41 Å². The van der Waals surface area contributed by atoms with Gasteiger partial charge in [-0.05, 0) is 12.8 Å². The van der Waals surface area contributed by atoms with Crippen molar-refractivity contribution in [3.05, 3.63) is 0 Å². The summed E-state index contributed by atoms with van der Waals surface area (Å²) in [5.74, 6) is -0.0122. The average molecular weight is 189 g/mol. The molecule has 0 fully saturated rings. The molecule has 0 aromatic rings. The first-order valence-corrected chi connectivity index (χ1v) is 4.96. The summed E-state index contributed by atoms with van der Waals surface area (Å²) < 4.78 is 12.8. The van der Waals surface area contributed by atoms with Gasteiger partial charge < -0.3 is 5.73 Å². The SMILES string of the molecule is CCCC(=O)C(CN)(CF)CCC. The fourth-order valence-electron chi connectivity index (χ4n) is 1.52. The molecule has 0 amide bonds. The van der Waals surface area contributed by atoms with Gasteiger partial charge in [0, 0.05) is 13.0 Å². The zero-order chi connectivity index (χ0) is 10.3. The van der Waals surface area contributed by atoms with E-state index in [1.54, 1.807) is 0 Å². The predicted octanol–water partition coefficient (Wildman–Crippen LogP) is 2.07. The Kier molecular flexibility index (Phi) is 5.88. The second kappa shape index (κ2) is 6.08. The first-order valence-electron chi connectivity index (χ1n) is 4.96. The summed E-state index contributed by atoms with van der Waals surface area (Å²) in [6, 6.07) is 0. The maximum absolute atomic E-state index is 12.8. The van der Waals surface area contributed by atoms with Gasteiger partial charge in [0.15, 0.2) is 0 Å². The Morgan fingerprint density at radius 1 is 1.38 bits per heavy atom. The van der Waals surface area contributed by atoms with Crippen LogP contribution in [0.4, 0.5) is 4.39 Å². The average Bonchev–Trinajstić information content (AvgIpc) is 2.14. The van der Waals surface area contributed by atoms with Crippen molar-refractivity contribution < 1.29 is 9.18 Å². The zero-order valence-electron chi connectivity index (χ0n) is 8.61. The number of carbonyl (C=O) groups is 1. The molecule has 0 bridgehead atoms. The number of halogens is 1. The molecule has 0 heterocycles. The quantitative estimate of drug-likeness (QED) is 0.666. The standard InChI is InChI=1S/C10H20FNO/c1-3-5-9(13)10(7-11,8-12)6-4-2/h3-8,12H2,1-2H3. The zero-order valence-corrected chi connectivity index (χ0v) is 8.61. The molecule has 0 radical (unpaired) electrons. The molecule has 3 heteroatoms. The van der Waals surface area contributed by atoms with Crippen LogP contribution in [0.25, 0.3) is 0 Å². The molecule has 0 aliphatic carbocycles. The lowest BCUT2D eigenvalue weighted by molar-refractivity contribution is -0.129. The third-order valence-corrected chi connectivity index (χ3v) is 2.44. The van der Waals surface area contributed by atoms with Crippen molar-refractivity contribution in [1.82, 2.24) is 0 Å². The Hall–Kier alpha value is -0.440. The molecular formula is C10H20FNO. The van der Waals surface area contributed by atoms with Gasteiger partial charge in [-0.25, -0.2) is 4.39 Å². The van der Waals surface area contributed by atoms with Crippen molar-refractivity contribution >= 4 is 5.78 Å². The van der Waals surface area contributed by atoms with Gasteiger partial charge in [-0.3, -0.25) is 4.79 Å². The van der Waals surface area contributed by atoms with Crippen molar-refractivity contribution in [2.24, 2.45) is 11.1 Å². The highest BCUT2D eigenvalue weighted by atomic mass is 19.1. The number of ketones is 1. The van der Waals surface area contributed by atoms with Gasteiger partial charge >= 0.3 is 0 Å². The van der Waals surface area contributed by atoms with Crippen molar-refractivity contribution in [3.63, 3.8) is 0 Å². The molecule has 0 saturated carbocycles. The number of carbonyl (C=O) groups excluding carboxylic acids is 1. The van der Waals surface area contributed by atoms with Crippen molar-refractivity contribution in [1.29, 1.82) is 0 Å². The fourth-order valence-corrected chi connectivity index (χ4v) is 1.52. The van der Waals surface area contributed by atoms with E-state index < -0.39 is 12.1 Å². The number of alkyl halides is 1. The molecule has 0 saturated heterocycles. The van der Waals surface area contributed by atoms with Gasteiger partial charge in [-0.2, -0.15) is 0 Å². The van der Waals surface area contributed by atoms with E-state index in [1.807, 2.05) is 13.8 Å². The second-order valence-electron chi connectivity index (χ2n) is 3.54. The van der Waals surface area contributed by atoms with Crippen LogP contribution in [-0.2, 0) is 4.79 Å². The molecule has 13 heavy (non-hydrogen) atoms. The van der Waals surface area contributed by atoms with Crippen molar-refractivity contribution in [3.8, 4) is 0 Å². The molecule has 0 aromatic heterocycles. The summed E-state index contributed by atoms with van der Waals surface area (Å²) in [7, 11) is 0. The summed E-state index contributed by atoms with van der Waals surface area (Å²) in [6.45, 7) is 3.38. The van der Waals surface area contributed by atoms with Crippen LogP contribution >= 0.6 is 0 Å². The Balaban J connectivity index is 4.43. The van der Waals surface area contributed by atoms with Crippen LogP contribution in [0.1, 0.15) is 39.5 Å². The molecule has 0 rings (SSSR count). The first-order chi connectivity index (χ1) is 6.16. The monoisotopic (exact) mass is 189 g/mol. The smallest absolute Gasteiger partial charge is 0.142 e. The maximum atomic E-state index is 12.8. The molecule has 1 unspecified atom stereocenters. The van der Waals surface area contributed by atoms with Crippen LogP contribution in [0.5, 0.6) is 0 Å². The summed E-state index contributed by atoms with van der Waals surface area (Å²) >= 11 is 0. The summed E-state index contributed by atoms with van der Waals surface area (Å²) in [5, 5.41) is 0. The van der Waals surface area contributed by atoms with E-state index in [-0.39, 0.29) is 12.3 Å². The minimum absolute atomic E-state index is 0.0122. The van der Waals surface area contributed by atoms with E-state index in [0.29, 0.717) is 12.8 Å². The lowest BCUT2D eigenvalue weighted by atomic mass is 9.79. The summed E-state index contributed by atoms with van der Waals surface area (Å²) in [5.41, 5.74) is 4.59. The molecule has 2 nitrogen and oxygen atoms in total. The Labute approximate surface area is 79.7 Å². The van der Waals surface area contributed by atoms with Gasteiger partial charge in [0.2, 0.25) is 0 Å². The molecule has 0 aliphatic heterocycles. The van der Waals surface area contributed by atoms with Crippen molar-refractivity contribution in [2.75, 3.05) is 13.2 Å². The van der Waals surface area contributed by atoms with Crippen LogP contribution in [0.2, 0.25) is 0 Å². The number of Topliss-reactive ketones (excluding diaryl/α,β-unsaturated/α-hetero) is 1. The van der Waals surface area contributed by atoms with E-state index in [1.165, 1.54) is 0 Å². The Morgan fingerprint density at radius 3 is 2.31 bits per heavy atom. The third-order valence-electron chi connectivity index (χ3n) is 2.44. The number of hydrogen-bond donors (Lipinski definition) is 1. The minimum Gasteiger partial charge on any atom is -0.329 e. The van der Waals surface area contributed by atoms with Crippen LogP contribution < -0.4 is 5.73 Å². The largest absolute Gasteiger partial charge is 0.329 e. The minimum atomic E-state index is -0.884. The van der Waals surface area contributed by atoms with Gasteiger partial charge in [0.1, 0.15) is 12.5 Å². The lowest BCUT2D eigenvalue weighted by Crippen LogP contribution is -2.40. The highest BCUT2D eigenvalue weighted by Crippen LogP contribution is 2.26. The van der Waals surface area contributed by atoms with Gasteiger partial charge in [0.25, 0.3) is 0 Å². The van der Waals surface area contributed by atoms with E-state index in [4.69, 9.17) is 5.73 Å². The number of rotatable bonds is 7. The third kappa shape index (κ3) is 3.07. The highest BCUT2D eigenvalue weighted by Gasteiger charge is 2.35.